The van der Waals surface area contributed by atoms with Crippen molar-refractivity contribution in [2.24, 2.45) is 0 Å². The van der Waals surface area contributed by atoms with Gasteiger partial charge in [0.05, 0.1) is 0 Å². The van der Waals surface area contributed by atoms with Crippen LogP contribution in [0.15, 0.2) is 23.2 Å². The molecule has 1 aromatic heterocycles. The van der Waals surface area contributed by atoms with Gasteiger partial charge in [0, 0.05) is 19.3 Å². The maximum absolute atomic E-state index is 12.1. The Bertz CT molecular complexity index is 517. The molecule has 1 aromatic rings. The van der Waals surface area contributed by atoms with E-state index in [-0.39, 0.29) is 16.6 Å². The Morgan fingerprint density at radius 3 is 2.62 bits per heavy atom. The summed E-state index contributed by atoms with van der Waals surface area (Å²) in [5.74, 6) is 0. The van der Waals surface area contributed by atoms with Gasteiger partial charge in [-0.25, -0.2) is 13.4 Å². The van der Waals surface area contributed by atoms with E-state index in [0.29, 0.717) is 0 Å². The molecule has 0 fully saturated rings. The maximum Gasteiger partial charge on any atom is 0.245 e. The first-order chi connectivity index (χ1) is 7.41. The Morgan fingerprint density at radius 1 is 1.50 bits per heavy atom. The summed E-state index contributed by atoms with van der Waals surface area (Å²) in [6.07, 6.45) is 1.40. The quantitative estimate of drug-likeness (QED) is 0.788. The zero-order chi connectivity index (χ0) is 12.3. The van der Waals surface area contributed by atoms with Crippen LogP contribution in [0.5, 0.6) is 0 Å². The Kier molecular flexibility index (Phi) is 3.62. The van der Waals surface area contributed by atoms with Gasteiger partial charge in [-0.05, 0) is 26.0 Å². The molecule has 0 saturated heterocycles. The molecule has 6 heteroatoms. The molecule has 0 spiro atoms. The van der Waals surface area contributed by atoms with Crippen molar-refractivity contribution < 1.29 is 8.42 Å². The molecule has 0 aliphatic heterocycles. The van der Waals surface area contributed by atoms with Crippen LogP contribution in [-0.2, 0) is 10.0 Å². The largest absolute Gasteiger partial charge is 0.245 e. The third-order valence-corrected chi connectivity index (χ3v) is 4.33. The first-order valence-electron chi connectivity index (χ1n) is 4.74. The molecular formula is C10H13N3O2S. The van der Waals surface area contributed by atoms with Crippen LogP contribution < -0.4 is 0 Å². The molecule has 0 radical (unpaired) electrons. The molecule has 0 amide bonds. The van der Waals surface area contributed by atoms with E-state index in [9.17, 15) is 8.42 Å². The van der Waals surface area contributed by atoms with Crippen LogP contribution in [0.3, 0.4) is 0 Å². The van der Waals surface area contributed by atoms with Crippen molar-refractivity contribution in [1.82, 2.24) is 9.29 Å². The number of rotatable bonds is 3. The van der Waals surface area contributed by atoms with Crippen molar-refractivity contribution in [1.29, 1.82) is 5.26 Å². The molecule has 5 nitrogen and oxygen atoms in total. The van der Waals surface area contributed by atoms with Gasteiger partial charge in [0.2, 0.25) is 10.0 Å². The summed E-state index contributed by atoms with van der Waals surface area (Å²) in [6.45, 7) is 3.53. The number of hydrogen-bond acceptors (Lipinski definition) is 4. The zero-order valence-corrected chi connectivity index (χ0v) is 10.2. The van der Waals surface area contributed by atoms with Gasteiger partial charge in [-0.3, -0.25) is 0 Å². The number of nitriles is 1. The fraction of sp³-hybridized carbons (Fsp3) is 0.400. The van der Waals surface area contributed by atoms with Gasteiger partial charge in [0.1, 0.15) is 11.0 Å². The highest BCUT2D eigenvalue weighted by molar-refractivity contribution is 7.89. The highest BCUT2D eigenvalue weighted by Gasteiger charge is 2.26. The van der Waals surface area contributed by atoms with Crippen molar-refractivity contribution in [3.8, 4) is 6.07 Å². The Balaban J connectivity index is 3.34. The molecule has 0 saturated carbocycles. The highest BCUT2D eigenvalue weighted by atomic mass is 32.2. The number of nitrogens with zero attached hydrogens (tertiary/aromatic N) is 3. The lowest BCUT2D eigenvalue weighted by Gasteiger charge is -2.21. The molecule has 0 aliphatic carbocycles. The Hall–Kier alpha value is -1.45. The van der Waals surface area contributed by atoms with Crippen LogP contribution in [0, 0.1) is 11.3 Å². The molecule has 0 unspecified atom stereocenters. The van der Waals surface area contributed by atoms with E-state index in [1.165, 1.54) is 29.7 Å². The number of pyridine rings is 1. The van der Waals surface area contributed by atoms with Crippen LogP contribution in [0.2, 0.25) is 0 Å². The molecule has 0 atom stereocenters. The number of hydrogen-bond donors (Lipinski definition) is 0. The maximum atomic E-state index is 12.1. The van der Waals surface area contributed by atoms with E-state index in [0.717, 1.165) is 0 Å². The van der Waals surface area contributed by atoms with Crippen LogP contribution in [0.4, 0.5) is 0 Å². The monoisotopic (exact) mass is 239 g/mol. The fourth-order valence-electron chi connectivity index (χ4n) is 1.12. The van der Waals surface area contributed by atoms with Gasteiger partial charge in [0.15, 0.2) is 5.69 Å². The van der Waals surface area contributed by atoms with Crippen LogP contribution in [0.1, 0.15) is 19.5 Å². The minimum Gasteiger partial charge on any atom is -0.244 e. The average Bonchev–Trinajstić information content (AvgIpc) is 2.27. The van der Waals surface area contributed by atoms with E-state index < -0.39 is 10.0 Å². The van der Waals surface area contributed by atoms with Gasteiger partial charge in [0.25, 0.3) is 0 Å². The molecular weight excluding hydrogens is 226 g/mol. The Morgan fingerprint density at radius 2 is 2.12 bits per heavy atom. The van der Waals surface area contributed by atoms with Gasteiger partial charge < -0.3 is 0 Å². The standard InChI is InChI=1S/C10H13N3O2S/c1-8(2)13(3)16(14,15)10-5-4-6-12-9(10)7-11/h4-6,8H,1-3H3. The molecule has 1 rings (SSSR count). The summed E-state index contributed by atoms with van der Waals surface area (Å²) >= 11 is 0. The summed E-state index contributed by atoms with van der Waals surface area (Å²) < 4.78 is 25.4. The Labute approximate surface area is 95.4 Å². The van der Waals surface area contributed by atoms with Crippen molar-refractivity contribution in [3.05, 3.63) is 24.0 Å². The highest BCUT2D eigenvalue weighted by Crippen LogP contribution is 2.18. The van der Waals surface area contributed by atoms with E-state index in [2.05, 4.69) is 4.98 Å². The molecule has 1 heterocycles. The van der Waals surface area contributed by atoms with Gasteiger partial charge in [-0.15, -0.1) is 0 Å². The van der Waals surface area contributed by atoms with E-state index >= 15 is 0 Å². The molecule has 0 aromatic carbocycles. The molecule has 16 heavy (non-hydrogen) atoms. The lowest BCUT2D eigenvalue weighted by atomic mass is 10.4. The third-order valence-electron chi connectivity index (χ3n) is 2.26. The van der Waals surface area contributed by atoms with E-state index in [1.807, 2.05) is 0 Å². The second kappa shape index (κ2) is 4.60. The van der Waals surface area contributed by atoms with Crippen LogP contribution in [-0.4, -0.2) is 30.8 Å². The summed E-state index contributed by atoms with van der Waals surface area (Å²) in [5, 5.41) is 8.81. The third kappa shape index (κ3) is 2.21. The number of aromatic nitrogens is 1. The van der Waals surface area contributed by atoms with Crippen molar-refractivity contribution in [2.45, 2.75) is 24.8 Å². The second-order valence-electron chi connectivity index (χ2n) is 3.58. The van der Waals surface area contributed by atoms with Crippen molar-refractivity contribution in [2.75, 3.05) is 7.05 Å². The second-order valence-corrected chi connectivity index (χ2v) is 5.54. The minimum atomic E-state index is -3.63. The SMILES string of the molecule is CC(C)N(C)S(=O)(=O)c1cccnc1C#N. The molecule has 0 aliphatic rings. The zero-order valence-electron chi connectivity index (χ0n) is 9.38. The minimum absolute atomic E-state index is 0.0475. The van der Waals surface area contributed by atoms with Gasteiger partial charge >= 0.3 is 0 Å². The summed E-state index contributed by atoms with van der Waals surface area (Å²) in [4.78, 5) is 3.69. The normalized spacial score (nSPS) is 11.8. The van der Waals surface area contributed by atoms with Gasteiger partial charge in [-0.2, -0.15) is 9.57 Å². The van der Waals surface area contributed by atoms with E-state index in [1.54, 1.807) is 19.9 Å². The molecule has 0 bridgehead atoms. The first kappa shape index (κ1) is 12.6. The summed E-state index contributed by atoms with van der Waals surface area (Å²) in [6, 6.07) is 4.50. The topological polar surface area (TPSA) is 74.1 Å². The summed E-state index contributed by atoms with van der Waals surface area (Å²) in [5.41, 5.74) is -0.0741. The average molecular weight is 239 g/mol. The van der Waals surface area contributed by atoms with E-state index in [4.69, 9.17) is 5.26 Å². The summed E-state index contributed by atoms with van der Waals surface area (Å²) in [7, 11) is -2.15. The van der Waals surface area contributed by atoms with Crippen molar-refractivity contribution >= 4 is 10.0 Å². The lowest BCUT2D eigenvalue weighted by Crippen LogP contribution is -2.33. The van der Waals surface area contributed by atoms with Crippen LogP contribution in [0.25, 0.3) is 0 Å². The smallest absolute Gasteiger partial charge is 0.244 e. The van der Waals surface area contributed by atoms with Gasteiger partial charge in [-0.1, -0.05) is 0 Å². The van der Waals surface area contributed by atoms with Crippen molar-refractivity contribution in [3.63, 3.8) is 0 Å². The first-order valence-corrected chi connectivity index (χ1v) is 6.18. The predicted molar refractivity (Wildman–Crippen MR) is 59.0 cm³/mol. The molecule has 0 N–H and O–H groups in total. The predicted octanol–water partition coefficient (Wildman–Crippen LogP) is 0.982. The molecule has 86 valence electrons. The lowest BCUT2D eigenvalue weighted by molar-refractivity contribution is 0.410. The van der Waals surface area contributed by atoms with Crippen LogP contribution >= 0.6 is 0 Å². The number of sulfonamides is 1. The fourth-order valence-corrected chi connectivity index (χ4v) is 2.57.